The van der Waals surface area contributed by atoms with Crippen LogP contribution in [-0.2, 0) is 4.74 Å². The van der Waals surface area contributed by atoms with Crippen LogP contribution in [0.1, 0.15) is 66.2 Å². The van der Waals surface area contributed by atoms with Crippen molar-refractivity contribution in [2.45, 2.75) is 90.1 Å². The van der Waals surface area contributed by atoms with E-state index in [0.29, 0.717) is 25.4 Å². The Morgan fingerprint density at radius 3 is 2.81 bits per heavy atom. The summed E-state index contributed by atoms with van der Waals surface area (Å²) in [5.74, 6) is 6.18. The van der Waals surface area contributed by atoms with Crippen LogP contribution in [0.15, 0.2) is 47.1 Å². The minimum absolute atomic E-state index is 0.00720. The molecule has 4 nitrogen and oxygen atoms in total. The van der Waals surface area contributed by atoms with Gasteiger partial charge in [0.25, 0.3) is 0 Å². The molecule has 0 amide bonds. The lowest BCUT2D eigenvalue weighted by atomic mass is 9.63. The van der Waals surface area contributed by atoms with Crippen LogP contribution >= 0.6 is 0 Å². The van der Waals surface area contributed by atoms with Crippen LogP contribution in [0.3, 0.4) is 0 Å². The fraction of sp³-hybridized carbons (Fsp3) is 0.630. The van der Waals surface area contributed by atoms with Gasteiger partial charge in [-0.3, -0.25) is 0 Å². The zero-order valence-electron chi connectivity index (χ0n) is 19.4. The molecule has 3 N–H and O–H groups in total. The van der Waals surface area contributed by atoms with E-state index >= 15 is 0 Å². The van der Waals surface area contributed by atoms with Gasteiger partial charge in [-0.25, -0.2) is 0 Å². The number of ether oxygens (including phenoxy) is 1. The number of fused-ring (bicyclic) bond motifs is 1. The van der Waals surface area contributed by atoms with Crippen molar-refractivity contribution in [1.82, 2.24) is 0 Å². The predicted molar refractivity (Wildman–Crippen MR) is 124 cm³/mol. The van der Waals surface area contributed by atoms with Crippen LogP contribution in [0.4, 0.5) is 0 Å². The molecule has 4 heteroatoms. The molecule has 3 rings (SSSR count). The van der Waals surface area contributed by atoms with Gasteiger partial charge < -0.3 is 20.1 Å². The molecule has 0 aromatic heterocycles. The Morgan fingerprint density at radius 1 is 1.35 bits per heavy atom. The second-order valence-corrected chi connectivity index (χ2v) is 10.1. The van der Waals surface area contributed by atoms with Gasteiger partial charge in [0.15, 0.2) is 0 Å². The van der Waals surface area contributed by atoms with Gasteiger partial charge in [-0.15, -0.1) is 0 Å². The maximum absolute atomic E-state index is 10.1. The molecule has 0 aliphatic heterocycles. The lowest BCUT2D eigenvalue weighted by Crippen LogP contribution is -2.34. The number of aliphatic hydroxyl groups is 3. The van der Waals surface area contributed by atoms with E-state index in [2.05, 4.69) is 50.5 Å². The monoisotopic (exact) mass is 426 g/mol. The molecular weight excluding hydrogens is 388 g/mol. The summed E-state index contributed by atoms with van der Waals surface area (Å²) in [6.07, 6.45) is 10.8. The molecular formula is C27H38O4. The molecule has 3 aliphatic rings. The van der Waals surface area contributed by atoms with E-state index in [1.54, 1.807) is 13.8 Å². The van der Waals surface area contributed by atoms with Crippen molar-refractivity contribution >= 4 is 0 Å². The van der Waals surface area contributed by atoms with E-state index in [-0.39, 0.29) is 11.5 Å². The molecule has 2 saturated carbocycles. The first-order valence-corrected chi connectivity index (χ1v) is 11.5. The van der Waals surface area contributed by atoms with Gasteiger partial charge in [0.2, 0.25) is 0 Å². The molecule has 5 atom stereocenters. The van der Waals surface area contributed by atoms with Crippen LogP contribution in [0.5, 0.6) is 0 Å². The Morgan fingerprint density at radius 2 is 2.10 bits per heavy atom. The number of allylic oxidation sites excluding steroid dienone is 4. The van der Waals surface area contributed by atoms with Crippen molar-refractivity contribution in [3.63, 3.8) is 0 Å². The van der Waals surface area contributed by atoms with E-state index in [1.165, 1.54) is 11.1 Å². The highest BCUT2D eigenvalue weighted by atomic mass is 16.5. The zero-order valence-corrected chi connectivity index (χ0v) is 19.4. The Balaban J connectivity index is 1.71. The molecule has 170 valence electrons. The van der Waals surface area contributed by atoms with Gasteiger partial charge in [0, 0.05) is 6.42 Å². The van der Waals surface area contributed by atoms with Crippen molar-refractivity contribution in [3.05, 3.63) is 47.1 Å². The summed E-state index contributed by atoms with van der Waals surface area (Å²) in [6.45, 7) is 12.1. The second kappa shape index (κ2) is 9.46. The van der Waals surface area contributed by atoms with Crippen molar-refractivity contribution in [3.8, 4) is 11.8 Å². The first kappa shape index (κ1) is 24.0. The summed E-state index contributed by atoms with van der Waals surface area (Å²) < 4.78 is 6.01. The minimum atomic E-state index is -0.996. The SMILES string of the molecule is C=C1/C(=C\C=C2/CCC[C@]3(C)C(C(C)OCC#CC(C)(C)O)=CC[C@@H]23)CC(O)C[C@@H]1O. The number of hydrogen-bond donors (Lipinski definition) is 3. The lowest BCUT2D eigenvalue weighted by molar-refractivity contribution is 0.0860. The van der Waals surface area contributed by atoms with Crippen LogP contribution in [-0.4, -0.2) is 45.8 Å². The van der Waals surface area contributed by atoms with Gasteiger partial charge in [-0.2, -0.15) is 0 Å². The average molecular weight is 427 g/mol. The van der Waals surface area contributed by atoms with Gasteiger partial charge in [0.05, 0.1) is 18.3 Å². The van der Waals surface area contributed by atoms with E-state index < -0.39 is 17.8 Å². The number of aliphatic hydroxyl groups excluding tert-OH is 2. The summed E-state index contributed by atoms with van der Waals surface area (Å²) in [7, 11) is 0. The smallest absolute Gasteiger partial charge is 0.120 e. The third kappa shape index (κ3) is 5.59. The Labute approximate surface area is 187 Å². The molecule has 0 spiro atoms. The third-order valence-electron chi connectivity index (χ3n) is 7.11. The minimum Gasteiger partial charge on any atom is -0.393 e. The Kier molecular flexibility index (Phi) is 7.33. The van der Waals surface area contributed by atoms with E-state index in [9.17, 15) is 15.3 Å². The first-order valence-electron chi connectivity index (χ1n) is 11.5. The first-order chi connectivity index (χ1) is 14.5. The van der Waals surface area contributed by atoms with Crippen LogP contribution in [0.25, 0.3) is 0 Å². The van der Waals surface area contributed by atoms with Gasteiger partial charge >= 0.3 is 0 Å². The Bertz CT molecular complexity index is 845. The highest BCUT2D eigenvalue weighted by Crippen LogP contribution is 2.55. The predicted octanol–water partition coefficient (Wildman–Crippen LogP) is 4.23. The lowest BCUT2D eigenvalue weighted by Gasteiger charge is -2.42. The summed E-state index contributed by atoms with van der Waals surface area (Å²) >= 11 is 0. The molecule has 0 radical (unpaired) electrons. The molecule has 0 bridgehead atoms. The molecule has 0 aromatic rings. The average Bonchev–Trinajstić information content (AvgIpc) is 3.03. The topological polar surface area (TPSA) is 69.9 Å². The molecule has 0 saturated heterocycles. The molecule has 0 heterocycles. The van der Waals surface area contributed by atoms with E-state index in [0.717, 1.165) is 36.8 Å². The van der Waals surface area contributed by atoms with Gasteiger partial charge in [-0.05, 0) is 80.9 Å². The van der Waals surface area contributed by atoms with Crippen LogP contribution in [0, 0.1) is 23.2 Å². The van der Waals surface area contributed by atoms with Crippen molar-refractivity contribution in [2.24, 2.45) is 11.3 Å². The van der Waals surface area contributed by atoms with Gasteiger partial charge in [0.1, 0.15) is 12.2 Å². The zero-order chi connectivity index (χ0) is 22.8. The number of hydrogen-bond acceptors (Lipinski definition) is 4. The van der Waals surface area contributed by atoms with Gasteiger partial charge in [-0.1, -0.05) is 49.1 Å². The normalized spacial score (nSPS) is 34.9. The second-order valence-electron chi connectivity index (χ2n) is 10.1. The summed E-state index contributed by atoms with van der Waals surface area (Å²) in [5.41, 5.74) is 3.56. The van der Waals surface area contributed by atoms with Crippen molar-refractivity contribution in [2.75, 3.05) is 6.61 Å². The van der Waals surface area contributed by atoms with E-state index in [1.807, 2.05) is 0 Å². The molecule has 31 heavy (non-hydrogen) atoms. The third-order valence-corrected chi connectivity index (χ3v) is 7.11. The van der Waals surface area contributed by atoms with Crippen molar-refractivity contribution < 1.29 is 20.1 Å². The molecule has 0 aromatic carbocycles. The van der Waals surface area contributed by atoms with Crippen LogP contribution in [0.2, 0.25) is 0 Å². The summed E-state index contributed by atoms with van der Waals surface area (Å²) in [6, 6.07) is 0. The molecule has 3 aliphatic carbocycles. The standard InChI is InChI=1S/C27H38O4/c1-18-21(16-22(28)17-25(18)29)10-9-20-8-6-14-27(5)23(11-12-24(20)27)19(2)31-15-7-13-26(3,4)30/h9-11,19,22,24-25,28-30H,1,6,8,12,14-17H2,2-5H3/b20-9+,21-10-/t19?,22?,24-,25-,27+/m0/s1. The molecule has 2 unspecified atom stereocenters. The Hall–Kier alpha value is -1.64. The highest BCUT2D eigenvalue weighted by molar-refractivity contribution is 5.40. The fourth-order valence-corrected chi connectivity index (χ4v) is 5.46. The highest BCUT2D eigenvalue weighted by Gasteiger charge is 2.46. The van der Waals surface area contributed by atoms with E-state index in [4.69, 9.17) is 4.74 Å². The molecule has 2 fully saturated rings. The largest absolute Gasteiger partial charge is 0.393 e. The van der Waals surface area contributed by atoms with Crippen molar-refractivity contribution in [1.29, 1.82) is 0 Å². The quantitative estimate of drug-likeness (QED) is 0.465. The maximum atomic E-state index is 10.1. The number of rotatable bonds is 4. The maximum Gasteiger partial charge on any atom is 0.120 e. The summed E-state index contributed by atoms with van der Waals surface area (Å²) in [4.78, 5) is 0. The summed E-state index contributed by atoms with van der Waals surface area (Å²) in [5, 5.41) is 29.9. The fourth-order valence-electron chi connectivity index (χ4n) is 5.46. The van der Waals surface area contributed by atoms with Crippen LogP contribution < -0.4 is 0 Å².